The molecule has 0 saturated heterocycles. The molecule has 1 rings (SSSR count). The van der Waals surface area contributed by atoms with E-state index >= 15 is 0 Å². The van der Waals surface area contributed by atoms with Crippen LogP contribution in [0.4, 0.5) is 0 Å². The van der Waals surface area contributed by atoms with Gasteiger partial charge < -0.3 is 0 Å². The second kappa shape index (κ2) is 10.8. The van der Waals surface area contributed by atoms with E-state index < -0.39 is 0 Å². The Kier molecular flexibility index (Phi) is 11.3. The second-order valence-corrected chi connectivity index (χ2v) is 3.61. The van der Waals surface area contributed by atoms with Crippen molar-refractivity contribution in [1.29, 1.82) is 0 Å². The van der Waals surface area contributed by atoms with Crippen molar-refractivity contribution in [3.63, 3.8) is 0 Å². The van der Waals surface area contributed by atoms with Crippen LogP contribution < -0.4 is 0 Å². The van der Waals surface area contributed by atoms with Crippen LogP contribution in [0.15, 0.2) is 29.2 Å². The summed E-state index contributed by atoms with van der Waals surface area (Å²) in [5, 5.41) is 0. The first kappa shape index (κ1) is 13.7. The molecular formula is C10H13BrSZn. The van der Waals surface area contributed by atoms with Gasteiger partial charge in [-0.15, -0.1) is 4.90 Å². The Morgan fingerprint density at radius 2 is 2.31 bits per heavy atom. The molecule has 1 aromatic carbocycles. The van der Waals surface area contributed by atoms with Crippen molar-refractivity contribution in [1.82, 2.24) is 0 Å². The van der Waals surface area contributed by atoms with Gasteiger partial charge in [0.1, 0.15) is 0 Å². The predicted octanol–water partition coefficient (Wildman–Crippen LogP) is 4.22. The summed E-state index contributed by atoms with van der Waals surface area (Å²) in [4.78, 5) is 1.33. The molecule has 1 aromatic rings. The molecule has 0 atom stereocenters. The van der Waals surface area contributed by atoms with Crippen LogP contribution in [0.2, 0.25) is 0 Å². The van der Waals surface area contributed by atoms with Crippen LogP contribution >= 0.6 is 25.4 Å². The average molecular weight is 311 g/mol. The van der Waals surface area contributed by atoms with Crippen molar-refractivity contribution in [3.8, 4) is 0 Å². The first-order valence-electron chi connectivity index (χ1n) is 4.29. The summed E-state index contributed by atoms with van der Waals surface area (Å²) in [5.74, 6) is 1.23. The van der Waals surface area contributed by atoms with Crippen LogP contribution in [0, 0.1) is 6.07 Å². The van der Waals surface area contributed by atoms with E-state index in [2.05, 4.69) is 32.7 Å². The van der Waals surface area contributed by atoms with E-state index in [1.165, 1.54) is 39.8 Å². The van der Waals surface area contributed by atoms with E-state index in [9.17, 15) is 0 Å². The van der Waals surface area contributed by atoms with Crippen molar-refractivity contribution in [2.75, 3.05) is 5.75 Å². The van der Waals surface area contributed by atoms with Gasteiger partial charge in [0.2, 0.25) is 0 Å². The Hall–Kier alpha value is 0.673. The molecule has 13 heavy (non-hydrogen) atoms. The second-order valence-electron chi connectivity index (χ2n) is 2.44. The molecule has 0 aliphatic heterocycles. The zero-order valence-corrected chi connectivity index (χ0v) is 13.3. The summed E-state index contributed by atoms with van der Waals surface area (Å²) in [6.45, 7) is 2.22. The molecule has 0 aliphatic carbocycles. The van der Waals surface area contributed by atoms with Gasteiger partial charge in [-0.2, -0.15) is 42.1 Å². The summed E-state index contributed by atoms with van der Waals surface area (Å²) in [5.41, 5.74) is 0. The van der Waals surface area contributed by atoms with E-state index in [1.807, 2.05) is 30.0 Å². The monoisotopic (exact) mass is 308 g/mol. The summed E-state index contributed by atoms with van der Waals surface area (Å²) >= 11 is 6.16. The van der Waals surface area contributed by atoms with E-state index in [-0.39, 0.29) is 0 Å². The maximum atomic E-state index is 3.07. The van der Waals surface area contributed by atoms with Gasteiger partial charge in [0.05, 0.1) is 0 Å². The van der Waals surface area contributed by atoms with Crippen LogP contribution in [0.3, 0.4) is 0 Å². The SMILES string of the molecule is CCCCSc1c[c-]ccc1.[Zn+][Br]. The van der Waals surface area contributed by atoms with Gasteiger partial charge >= 0.3 is 30.0 Å². The standard InChI is InChI=1S/C10H13S.BrH.Zn/c1-2-3-9-11-10-7-5-4-6-8-10;;/h4-5,7-8H,2-3,9H2,1H3;1H;/q-1;;+2/p-1. The van der Waals surface area contributed by atoms with Crippen LogP contribution in [0.1, 0.15) is 19.8 Å². The molecule has 0 unspecified atom stereocenters. The number of benzene rings is 1. The molecule has 0 amide bonds. The molecule has 0 aromatic heterocycles. The number of thioether (sulfide) groups is 1. The molecule has 0 fully saturated rings. The Balaban J connectivity index is 0.000000671. The molecule has 0 radical (unpaired) electrons. The minimum absolute atomic E-state index is 1.19. The Morgan fingerprint density at radius 1 is 1.54 bits per heavy atom. The van der Waals surface area contributed by atoms with Crippen LogP contribution in [-0.4, -0.2) is 5.75 Å². The third-order valence-corrected chi connectivity index (χ3v) is 2.53. The Labute approximate surface area is 102 Å². The molecule has 0 saturated carbocycles. The number of rotatable bonds is 4. The molecule has 0 bridgehead atoms. The first-order chi connectivity index (χ1) is 6.43. The predicted molar refractivity (Wildman–Crippen MR) is 59.8 cm³/mol. The number of hydrogen-bond donors (Lipinski definition) is 0. The number of halogens is 1. The summed E-state index contributed by atoms with van der Waals surface area (Å²) < 4.78 is 0. The molecule has 0 heterocycles. The van der Waals surface area contributed by atoms with Gasteiger partial charge in [-0.3, -0.25) is 0 Å². The van der Waals surface area contributed by atoms with Gasteiger partial charge in [0.15, 0.2) is 0 Å². The van der Waals surface area contributed by atoms with Gasteiger partial charge in [0, 0.05) is 0 Å². The molecular weight excluding hydrogens is 297 g/mol. The fourth-order valence-corrected chi connectivity index (χ4v) is 1.80. The van der Waals surface area contributed by atoms with Crippen LogP contribution in [-0.2, 0) is 16.3 Å². The van der Waals surface area contributed by atoms with Crippen molar-refractivity contribution in [3.05, 3.63) is 30.3 Å². The summed E-state index contributed by atoms with van der Waals surface area (Å²) in [7, 11) is 0. The Morgan fingerprint density at radius 3 is 2.85 bits per heavy atom. The fraction of sp³-hybridized carbons (Fsp3) is 0.400. The van der Waals surface area contributed by atoms with Crippen LogP contribution in [0.5, 0.6) is 0 Å². The number of hydrogen-bond acceptors (Lipinski definition) is 1. The maximum absolute atomic E-state index is 3.07. The van der Waals surface area contributed by atoms with Gasteiger partial charge in [-0.05, 0) is 12.2 Å². The molecule has 3 heteroatoms. The van der Waals surface area contributed by atoms with Gasteiger partial charge in [0.25, 0.3) is 0 Å². The normalized spacial score (nSPS) is 8.92. The van der Waals surface area contributed by atoms with E-state index in [0.29, 0.717) is 0 Å². The van der Waals surface area contributed by atoms with Crippen molar-refractivity contribution >= 4 is 25.4 Å². The summed E-state index contributed by atoms with van der Waals surface area (Å²) in [6.07, 6.45) is 2.59. The average Bonchev–Trinajstić information content (AvgIpc) is 2.23. The van der Waals surface area contributed by atoms with Gasteiger partial charge in [-0.1, -0.05) is 13.3 Å². The fourth-order valence-electron chi connectivity index (χ4n) is 0.801. The zero-order valence-electron chi connectivity index (χ0n) is 7.92. The van der Waals surface area contributed by atoms with Crippen molar-refractivity contribution < 1.29 is 16.3 Å². The topological polar surface area (TPSA) is 0 Å². The quantitative estimate of drug-likeness (QED) is 0.347. The van der Waals surface area contributed by atoms with Crippen molar-refractivity contribution in [2.24, 2.45) is 0 Å². The molecule has 0 nitrogen and oxygen atoms in total. The Bertz CT molecular complexity index is 191. The van der Waals surface area contributed by atoms with E-state index in [1.54, 1.807) is 0 Å². The zero-order chi connectivity index (χ0) is 9.94. The molecule has 0 aliphatic rings. The van der Waals surface area contributed by atoms with E-state index in [4.69, 9.17) is 0 Å². The minimum atomic E-state index is 1.19. The summed E-state index contributed by atoms with van der Waals surface area (Å²) in [6, 6.07) is 11.2. The molecule has 0 N–H and O–H groups in total. The molecule has 68 valence electrons. The number of unbranched alkanes of at least 4 members (excludes halogenated alkanes) is 1. The van der Waals surface area contributed by atoms with Crippen molar-refractivity contribution in [2.45, 2.75) is 24.7 Å². The van der Waals surface area contributed by atoms with E-state index in [0.717, 1.165) is 0 Å². The van der Waals surface area contributed by atoms with Gasteiger partial charge in [-0.25, -0.2) is 0 Å². The molecule has 0 spiro atoms. The third kappa shape index (κ3) is 7.72. The van der Waals surface area contributed by atoms with Crippen LogP contribution in [0.25, 0.3) is 0 Å². The third-order valence-electron chi connectivity index (χ3n) is 1.45. The first-order valence-corrected chi connectivity index (χ1v) is 12.2.